The Morgan fingerprint density at radius 3 is 2.53 bits per heavy atom. The van der Waals surface area contributed by atoms with Crippen LogP contribution < -0.4 is 4.74 Å². The lowest BCUT2D eigenvalue weighted by Crippen LogP contribution is -2.04. The van der Waals surface area contributed by atoms with E-state index in [9.17, 15) is 4.79 Å². The van der Waals surface area contributed by atoms with Gasteiger partial charge in [0.25, 0.3) is 0 Å². The van der Waals surface area contributed by atoms with E-state index in [1.807, 2.05) is 6.92 Å². The van der Waals surface area contributed by atoms with Crippen LogP contribution in [0.3, 0.4) is 0 Å². The zero-order valence-corrected chi connectivity index (χ0v) is 10.8. The molecule has 0 aliphatic heterocycles. The second-order valence-electron chi connectivity index (χ2n) is 3.59. The maximum atomic E-state index is 11.4. The van der Waals surface area contributed by atoms with Crippen molar-refractivity contribution in [2.24, 2.45) is 0 Å². The average molecular weight is 262 g/mol. The number of hydrogen-bond donors (Lipinski definition) is 0. The molecule has 100 valence electrons. The summed E-state index contributed by atoms with van der Waals surface area (Å²) in [5.41, 5.74) is 0.714. The summed E-state index contributed by atoms with van der Waals surface area (Å²) in [6.07, 6.45) is 0. The lowest BCUT2D eigenvalue weighted by molar-refractivity contribution is 0.0481. The van der Waals surface area contributed by atoms with Gasteiger partial charge in [-0.05, 0) is 38.1 Å². The lowest BCUT2D eigenvalue weighted by atomic mass is 10.2. The molecule has 0 amide bonds. The van der Waals surface area contributed by atoms with Gasteiger partial charge in [-0.15, -0.1) is 10.2 Å². The van der Waals surface area contributed by atoms with Gasteiger partial charge in [-0.2, -0.15) is 0 Å². The summed E-state index contributed by atoms with van der Waals surface area (Å²) >= 11 is 0. The number of hydrogen-bond acceptors (Lipinski definition) is 6. The molecule has 0 saturated carbocycles. The predicted octanol–water partition coefficient (Wildman–Crippen LogP) is 2.31. The molecule has 0 atom stereocenters. The van der Waals surface area contributed by atoms with Crippen molar-refractivity contribution in [3.8, 4) is 17.2 Å². The highest BCUT2D eigenvalue weighted by atomic mass is 16.5. The summed E-state index contributed by atoms with van der Waals surface area (Å²) in [5, 5.41) is 7.45. The van der Waals surface area contributed by atoms with Crippen molar-refractivity contribution < 1.29 is 18.7 Å². The smallest absolute Gasteiger partial charge is 0.396 e. The SMILES string of the molecule is CCOC(=O)c1nnc(-c2ccc(OCC)cc2)o1. The number of aromatic nitrogens is 2. The number of esters is 1. The van der Waals surface area contributed by atoms with Crippen LogP contribution in [0.15, 0.2) is 28.7 Å². The number of carbonyl (C=O) groups is 1. The maximum Gasteiger partial charge on any atom is 0.396 e. The Bertz CT molecular complexity index is 548. The van der Waals surface area contributed by atoms with Gasteiger partial charge < -0.3 is 13.9 Å². The van der Waals surface area contributed by atoms with Crippen LogP contribution >= 0.6 is 0 Å². The van der Waals surface area contributed by atoms with Crippen molar-refractivity contribution in [3.63, 3.8) is 0 Å². The first kappa shape index (κ1) is 13.1. The maximum absolute atomic E-state index is 11.4. The van der Waals surface area contributed by atoms with E-state index in [4.69, 9.17) is 13.9 Å². The van der Waals surface area contributed by atoms with Crippen molar-refractivity contribution >= 4 is 5.97 Å². The third-order valence-electron chi connectivity index (χ3n) is 2.29. The molecule has 0 N–H and O–H groups in total. The number of benzene rings is 1. The zero-order chi connectivity index (χ0) is 13.7. The number of rotatable bonds is 5. The highest BCUT2D eigenvalue weighted by Gasteiger charge is 2.16. The van der Waals surface area contributed by atoms with E-state index in [1.165, 1.54) is 0 Å². The summed E-state index contributed by atoms with van der Waals surface area (Å²) in [6, 6.07) is 7.17. The molecule has 0 saturated heterocycles. The van der Waals surface area contributed by atoms with Crippen LogP contribution in [-0.2, 0) is 4.74 Å². The van der Waals surface area contributed by atoms with E-state index in [-0.39, 0.29) is 18.4 Å². The topological polar surface area (TPSA) is 74.5 Å². The number of carbonyl (C=O) groups excluding carboxylic acids is 1. The molecule has 0 bridgehead atoms. The highest BCUT2D eigenvalue weighted by molar-refractivity contribution is 5.84. The fraction of sp³-hybridized carbons (Fsp3) is 0.308. The first-order valence-corrected chi connectivity index (χ1v) is 5.98. The van der Waals surface area contributed by atoms with Crippen LogP contribution in [0.2, 0.25) is 0 Å². The molecular formula is C13H14N2O4. The Balaban J connectivity index is 2.15. The molecule has 1 aromatic carbocycles. The Labute approximate surface area is 110 Å². The predicted molar refractivity (Wildman–Crippen MR) is 66.9 cm³/mol. The van der Waals surface area contributed by atoms with Gasteiger partial charge in [0.1, 0.15) is 5.75 Å². The molecule has 2 aromatic rings. The normalized spacial score (nSPS) is 10.2. The van der Waals surface area contributed by atoms with Crippen molar-refractivity contribution in [3.05, 3.63) is 30.2 Å². The van der Waals surface area contributed by atoms with Gasteiger partial charge in [-0.3, -0.25) is 0 Å². The molecule has 0 spiro atoms. The fourth-order valence-electron chi connectivity index (χ4n) is 1.48. The van der Waals surface area contributed by atoms with Gasteiger partial charge in [0.2, 0.25) is 5.89 Å². The van der Waals surface area contributed by atoms with E-state index in [0.717, 1.165) is 5.75 Å². The summed E-state index contributed by atoms with van der Waals surface area (Å²) in [6.45, 7) is 4.49. The molecule has 0 aliphatic carbocycles. The van der Waals surface area contributed by atoms with Gasteiger partial charge in [-0.25, -0.2) is 4.79 Å². The average Bonchev–Trinajstić information content (AvgIpc) is 2.90. The molecule has 1 aromatic heterocycles. The molecular weight excluding hydrogens is 248 g/mol. The number of ether oxygens (including phenoxy) is 2. The molecule has 0 unspecified atom stereocenters. The second kappa shape index (κ2) is 5.99. The van der Waals surface area contributed by atoms with Crippen molar-refractivity contribution in [2.75, 3.05) is 13.2 Å². The van der Waals surface area contributed by atoms with Crippen LogP contribution in [0.4, 0.5) is 0 Å². The van der Waals surface area contributed by atoms with Crippen molar-refractivity contribution in [2.45, 2.75) is 13.8 Å². The summed E-state index contributed by atoms with van der Waals surface area (Å²) in [4.78, 5) is 11.4. The van der Waals surface area contributed by atoms with Crippen LogP contribution in [0.1, 0.15) is 24.5 Å². The Morgan fingerprint density at radius 2 is 1.89 bits per heavy atom. The van der Waals surface area contributed by atoms with Gasteiger partial charge in [0.05, 0.1) is 13.2 Å². The van der Waals surface area contributed by atoms with Crippen LogP contribution in [-0.4, -0.2) is 29.4 Å². The third kappa shape index (κ3) is 3.09. The van der Waals surface area contributed by atoms with E-state index < -0.39 is 5.97 Å². The van der Waals surface area contributed by atoms with E-state index >= 15 is 0 Å². The number of nitrogens with zero attached hydrogens (tertiary/aromatic N) is 2. The Hall–Kier alpha value is -2.37. The first-order valence-electron chi connectivity index (χ1n) is 5.98. The first-order chi connectivity index (χ1) is 9.24. The summed E-state index contributed by atoms with van der Waals surface area (Å²) in [7, 11) is 0. The second-order valence-corrected chi connectivity index (χ2v) is 3.59. The van der Waals surface area contributed by atoms with E-state index in [0.29, 0.717) is 12.2 Å². The Kier molecular flexibility index (Phi) is 4.12. The van der Waals surface area contributed by atoms with E-state index in [2.05, 4.69) is 10.2 Å². The fourth-order valence-corrected chi connectivity index (χ4v) is 1.48. The molecule has 0 radical (unpaired) electrons. The standard InChI is InChI=1S/C13H14N2O4/c1-3-17-10-7-5-9(6-8-10)11-14-15-12(19-11)13(16)18-4-2/h5-8H,3-4H2,1-2H3. The summed E-state index contributed by atoms with van der Waals surface area (Å²) in [5.74, 6) is 0.264. The molecule has 6 nitrogen and oxygen atoms in total. The van der Waals surface area contributed by atoms with Crippen molar-refractivity contribution in [1.29, 1.82) is 0 Å². The van der Waals surface area contributed by atoms with E-state index in [1.54, 1.807) is 31.2 Å². The van der Waals surface area contributed by atoms with Crippen LogP contribution in [0.5, 0.6) is 5.75 Å². The molecule has 6 heteroatoms. The van der Waals surface area contributed by atoms with Gasteiger partial charge in [0.15, 0.2) is 0 Å². The van der Waals surface area contributed by atoms with Crippen LogP contribution in [0, 0.1) is 0 Å². The molecule has 2 rings (SSSR count). The third-order valence-corrected chi connectivity index (χ3v) is 2.29. The molecule has 1 heterocycles. The van der Waals surface area contributed by atoms with Gasteiger partial charge in [0, 0.05) is 5.56 Å². The minimum Gasteiger partial charge on any atom is -0.494 e. The quantitative estimate of drug-likeness (QED) is 0.770. The van der Waals surface area contributed by atoms with Crippen LogP contribution in [0.25, 0.3) is 11.5 Å². The lowest BCUT2D eigenvalue weighted by Gasteiger charge is -2.02. The minimum absolute atomic E-state index is 0.147. The summed E-state index contributed by atoms with van der Waals surface area (Å²) < 4.78 is 15.4. The monoisotopic (exact) mass is 262 g/mol. The molecule has 19 heavy (non-hydrogen) atoms. The highest BCUT2D eigenvalue weighted by Crippen LogP contribution is 2.21. The van der Waals surface area contributed by atoms with Gasteiger partial charge in [-0.1, -0.05) is 0 Å². The Morgan fingerprint density at radius 1 is 1.16 bits per heavy atom. The largest absolute Gasteiger partial charge is 0.494 e. The molecule has 0 fully saturated rings. The zero-order valence-electron chi connectivity index (χ0n) is 10.8. The molecule has 0 aliphatic rings. The van der Waals surface area contributed by atoms with Gasteiger partial charge >= 0.3 is 11.9 Å². The van der Waals surface area contributed by atoms with Crippen molar-refractivity contribution in [1.82, 2.24) is 10.2 Å². The minimum atomic E-state index is -0.618.